The van der Waals surface area contributed by atoms with Crippen LogP contribution in [-0.4, -0.2) is 14.8 Å². The number of aromatic nitrogens is 3. The van der Waals surface area contributed by atoms with Gasteiger partial charge in [-0.25, -0.2) is 0 Å². The van der Waals surface area contributed by atoms with E-state index in [1.807, 2.05) is 34.9 Å². The van der Waals surface area contributed by atoms with Crippen LogP contribution in [0.5, 0.6) is 0 Å². The Morgan fingerprint density at radius 1 is 0.950 bits per heavy atom. The van der Waals surface area contributed by atoms with Gasteiger partial charge in [0.1, 0.15) is 0 Å². The third kappa shape index (κ3) is 2.08. The summed E-state index contributed by atoms with van der Waals surface area (Å²) in [5.74, 6) is 0.858. The van der Waals surface area contributed by atoms with E-state index in [9.17, 15) is 0 Å². The molecule has 0 aliphatic heterocycles. The summed E-state index contributed by atoms with van der Waals surface area (Å²) in [4.78, 5) is 0. The third-order valence-corrected chi connectivity index (χ3v) is 3.67. The van der Waals surface area contributed by atoms with Crippen molar-refractivity contribution < 1.29 is 0 Å². The van der Waals surface area contributed by atoms with Gasteiger partial charge >= 0.3 is 0 Å². The van der Waals surface area contributed by atoms with Gasteiger partial charge in [-0.2, -0.15) is 5.10 Å². The summed E-state index contributed by atoms with van der Waals surface area (Å²) in [6.07, 6.45) is 0. The highest BCUT2D eigenvalue weighted by Crippen LogP contribution is 2.27. The first-order valence-electron chi connectivity index (χ1n) is 6.48. The van der Waals surface area contributed by atoms with Crippen molar-refractivity contribution in [3.05, 3.63) is 64.4 Å². The predicted octanol–water partition coefficient (Wildman–Crippen LogP) is 4.21. The first-order valence-corrected chi connectivity index (χ1v) is 6.89. The zero-order valence-electron chi connectivity index (χ0n) is 11.4. The third-order valence-electron chi connectivity index (χ3n) is 3.39. The van der Waals surface area contributed by atoms with Gasteiger partial charge < -0.3 is 0 Å². The molecule has 3 nitrogen and oxygen atoms in total. The molecule has 2 aromatic carbocycles. The molecular formula is C16H15N3S. The average molecular weight is 281 g/mol. The molecule has 0 radical (unpaired) electrons. The SMILES string of the molecule is Cc1cccc(C)c1-c1n[nH]c(=S)n1-c1ccccc1. The lowest BCUT2D eigenvalue weighted by Gasteiger charge is -2.11. The van der Waals surface area contributed by atoms with Gasteiger partial charge in [0.15, 0.2) is 10.6 Å². The van der Waals surface area contributed by atoms with Gasteiger partial charge in [0.25, 0.3) is 0 Å². The van der Waals surface area contributed by atoms with Crippen molar-refractivity contribution in [1.82, 2.24) is 14.8 Å². The van der Waals surface area contributed by atoms with Crippen molar-refractivity contribution >= 4 is 12.2 Å². The molecule has 0 saturated carbocycles. The van der Waals surface area contributed by atoms with Crippen LogP contribution in [0.4, 0.5) is 0 Å². The number of hydrogen-bond donors (Lipinski definition) is 1. The Bertz CT molecular complexity index is 780. The van der Waals surface area contributed by atoms with E-state index in [-0.39, 0.29) is 0 Å². The number of benzene rings is 2. The number of nitrogens with zero attached hydrogens (tertiary/aromatic N) is 2. The van der Waals surface area contributed by atoms with E-state index >= 15 is 0 Å². The molecule has 100 valence electrons. The van der Waals surface area contributed by atoms with Gasteiger partial charge in [-0.3, -0.25) is 9.67 Å². The molecule has 1 heterocycles. The Morgan fingerprint density at radius 3 is 2.25 bits per heavy atom. The van der Waals surface area contributed by atoms with Gasteiger partial charge in [-0.1, -0.05) is 36.4 Å². The molecule has 4 heteroatoms. The Labute approximate surface area is 122 Å². The molecule has 0 bridgehead atoms. The van der Waals surface area contributed by atoms with Crippen molar-refractivity contribution in [2.24, 2.45) is 0 Å². The first kappa shape index (κ1) is 12.8. The molecule has 0 aliphatic carbocycles. The number of rotatable bonds is 2. The molecule has 0 unspecified atom stereocenters. The average Bonchev–Trinajstić information content (AvgIpc) is 2.81. The normalized spacial score (nSPS) is 10.7. The molecule has 1 N–H and O–H groups in total. The maximum Gasteiger partial charge on any atom is 0.200 e. The van der Waals surface area contributed by atoms with Crippen molar-refractivity contribution in [2.45, 2.75) is 13.8 Å². The molecular weight excluding hydrogens is 266 g/mol. The summed E-state index contributed by atoms with van der Waals surface area (Å²) in [6.45, 7) is 4.19. The maximum atomic E-state index is 5.39. The molecule has 1 aromatic heterocycles. The standard InChI is InChI=1S/C16H15N3S/c1-11-7-6-8-12(2)14(11)15-17-18-16(20)19(15)13-9-4-3-5-10-13/h3-10H,1-2H3,(H,18,20). The molecule has 0 amide bonds. The Hall–Kier alpha value is -2.20. The Balaban J connectivity index is 2.30. The minimum absolute atomic E-state index is 0.605. The summed E-state index contributed by atoms with van der Waals surface area (Å²) in [7, 11) is 0. The number of H-pyrrole nitrogens is 1. The Morgan fingerprint density at radius 2 is 1.60 bits per heavy atom. The van der Waals surface area contributed by atoms with Crippen LogP contribution in [0.2, 0.25) is 0 Å². The summed E-state index contributed by atoms with van der Waals surface area (Å²) in [5, 5.41) is 7.33. The zero-order chi connectivity index (χ0) is 14.1. The summed E-state index contributed by atoms with van der Waals surface area (Å²) in [5.41, 5.74) is 4.53. The molecule has 0 spiro atoms. The van der Waals surface area contributed by atoms with E-state index in [4.69, 9.17) is 12.2 Å². The van der Waals surface area contributed by atoms with Gasteiger partial charge in [-0.05, 0) is 49.3 Å². The monoisotopic (exact) mass is 281 g/mol. The topological polar surface area (TPSA) is 33.6 Å². The van der Waals surface area contributed by atoms with Crippen molar-refractivity contribution in [1.29, 1.82) is 0 Å². The summed E-state index contributed by atoms with van der Waals surface area (Å²) in [6, 6.07) is 16.3. The molecule has 0 atom stereocenters. The molecule has 0 fully saturated rings. The highest BCUT2D eigenvalue weighted by atomic mass is 32.1. The second kappa shape index (κ2) is 5.06. The minimum Gasteiger partial charge on any atom is -0.268 e. The van der Waals surface area contributed by atoms with Crippen LogP contribution in [-0.2, 0) is 0 Å². The maximum absolute atomic E-state index is 5.39. The molecule has 3 aromatic rings. The number of nitrogens with one attached hydrogen (secondary N) is 1. The lowest BCUT2D eigenvalue weighted by atomic mass is 10.0. The largest absolute Gasteiger partial charge is 0.268 e. The minimum atomic E-state index is 0.605. The molecule has 20 heavy (non-hydrogen) atoms. The number of para-hydroxylation sites is 1. The Kier molecular flexibility index (Phi) is 3.24. The molecule has 0 saturated heterocycles. The fourth-order valence-corrected chi connectivity index (χ4v) is 2.69. The van der Waals surface area contributed by atoms with E-state index < -0.39 is 0 Å². The van der Waals surface area contributed by atoms with Crippen molar-refractivity contribution in [2.75, 3.05) is 0 Å². The quantitative estimate of drug-likeness (QED) is 0.714. The molecule has 3 rings (SSSR count). The smallest absolute Gasteiger partial charge is 0.200 e. The van der Waals surface area contributed by atoms with Crippen molar-refractivity contribution in [3.63, 3.8) is 0 Å². The lowest BCUT2D eigenvalue weighted by Crippen LogP contribution is -2.00. The number of aromatic amines is 1. The first-order chi connectivity index (χ1) is 9.68. The van der Waals surface area contributed by atoms with Crippen LogP contribution < -0.4 is 0 Å². The van der Waals surface area contributed by atoms with Crippen molar-refractivity contribution in [3.8, 4) is 17.1 Å². The van der Waals surface area contributed by atoms with Gasteiger partial charge in [0, 0.05) is 11.3 Å². The van der Waals surface area contributed by atoms with E-state index in [0.717, 1.165) is 17.1 Å². The van der Waals surface area contributed by atoms with Crippen LogP contribution in [0.25, 0.3) is 17.1 Å². The number of aryl methyl sites for hydroxylation is 2. The van der Waals surface area contributed by atoms with Crippen LogP contribution in [0.1, 0.15) is 11.1 Å². The summed E-state index contributed by atoms with van der Waals surface area (Å²) >= 11 is 5.39. The lowest BCUT2D eigenvalue weighted by molar-refractivity contribution is 1.03. The highest BCUT2D eigenvalue weighted by Gasteiger charge is 2.14. The van der Waals surface area contributed by atoms with Crippen LogP contribution in [0.15, 0.2) is 48.5 Å². The zero-order valence-corrected chi connectivity index (χ0v) is 12.2. The van der Waals surface area contributed by atoms with E-state index in [1.165, 1.54) is 11.1 Å². The van der Waals surface area contributed by atoms with E-state index in [2.05, 4.69) is 42.2 Å². The van der Waals surface area contributed by atoms with Crippen LogP contribution in [0.3, 0.4) is 0 Å². The van der Waals surface area contributed by atoms with E-state index in [1.54, 1.807) is 0 Å². The van der Waals surface area contributed by atoms with Crippen LogP contribution >= 0.6 is 12.2 Å². The fourth-order valence-electron chi connectivity index (χ4n) is 2.45. The second-order valence-corrected chi connectivity index (χ2v) is 5.18. The van der Waals surface area contributed by atoms with Gasteiger partial charge in [-0.15, -0.1) is 0 Å². The van der Waals surface area contributed by atoms with Gasteiger partial charge in [0.05, 0.1) is 0 Å². The predicted molar refractivity (Wildman–Crippen MR) is 83.7 cm³/mol. The van der Waals surface area contributed by atoms with Gasteiger partial charge in [0.2, 0.25) is 0 Å². The van der Waals surface area contributed by atoms with E-state index in [0.29, 0.717) is 4.77 Å². The summed E-state index contributed by atoms with van der Waals surface area (Å²) < 4.78 is 2.58. The van der Waals surface area contributed by atoms with Crippen LogP contribution in [0, 0.1) is 18.6 Å². The fraction of sp³-hybridized carbons (Fsp3) is 0.125. The second-order valence-electron chi connectivity index (χ2n) is 4.79. The molecule has 0 aliphatic rings. The highest BCUT2D eigenvalue weighted by molar-refractivity contribution is 7.71. The number of hydrogen-bond acceptors (Lipinski definition) is 2.